The van der Waals surface area contributed by atoms with Gasteiger partial charge in [-0.3, -0.25) is 9.69 Å². The van der Waals surface area contributed by atoms with Crippen LogP contribution in [-0.2, 0) is 9.53 Å². The molecule has 0 fully saturated rings. The smallest absolute Gasteiger partial charge is 0.324 e. The Kier molecular flexibility index (Phi) is 7.34. The van der Waals surface area contributed by atoms with E-state index in [9.17, 15) is 4.79 Å². The summed E-state index contributed by atoms with van der Waals surface area (Å²) >= 11 is 0. The Balaban J connectivity index is 4.23. The zero-order valence-corrected chi connectivity index (χ0v) is 10.5. The van der Waals surface area contributed by atoms with Gasteiger partial charge < -0.3 is 10.1 Å². The van der Waals surface area contributed by atoms with Crippen LogP contribution in [0.25, 0.3) is 0 Å². The van der Waals surface area contributed by atoms with Crippen LogP contribution in [0.4, 0.5) is 0 Å². The van der Waals surface area contributed by atoms with Crippen LogP contribution in [-0.4, -0.2) is 49.7 Å². The summed E-state index contributed by atoms with van der Waals surface area (Å²) in [4.78, 5) is 13.8. The summed E-state index contributed by atoms with van der Waals surface area (Å²) in [6, 6.07) is 0.215. The summed E-state index contributed by atoms with van der Waals surface area (Å²) in [5.74, 6) is -0.167. The van der Waals surface area contributed by atoms with Crippen LogP contribution in [0.15, 0.2) is 0 Å². The molecule has 4 nitrogen and oxygen atoms in total. The van der Waals surface area contributed by atoms with Crippen molar-refractivity contribution in [1.29, 1.82) is 0 Å². The van der Waals surface area contributed by atoms with E-state index in [1.54, 1.807) is 7.05 Å². The molecule has 0 aromatic carbocycles. The molecule has 0 aromatic rings. The SMILES string of the molecule is CCOC(=O)C(CN(CC)C(C)C)NC. The lowest BCUT2D eigenvalue weighted by Crippen LogP contribution is -2.47. The maximum atomic E-state index is 11.5. The molecule has 1 unspecified atom stereocenters. The van der Waals surface area contributed by atoms with Crippen LogP contribution in [0, 0.1) is 0 Å². The largest absolute Gasteiger partial charge is 0.465 e. The summed E-state index contributed by atoms with van der Waals surface area (Å²) in [6.45, 7) is 10.2. The monoisotopic (exact) mass is 216 g/mol. The molecule has 1 atom stereocenters. The lowest BCUT2D eigenvalue weighted by molar-refractivity contribution is -0.146. The third kappa shape index (κ3) is 5.14. The predicted octanol–water partition coefficient (Wildman–Crippen LogP) is 0.868. The van der Waals surface area contributed by atoms with E-state index in [0.717, 1.165) is 6.54 Å². The normalized spacial score (nSPS) is 13.3. The first-order valence-corrected chi connectivity index (χ1v) is 5.64. The Bertz CT molecular complexity index is 183. The van der Waals surface area contributed by atoms with E-state index >= 15 is 0 Å². The molecule has 0 amide bonds. The molecule has 0 aromatic heterocycles. The van der Waals surface area contributed by atoms with Crippen molar-refractivity contribution in [1.82, 2.24) is 10.2 Å². The van der Waals surface area contributed by atoms with Crippen LogP contribution in [0.5, 0.6) is 0 Å². The van der Waals surface area contributed by atoms with Crippen LogP contribution in [0.3, 0.4) is 0 Å². The molecule has 0 saturated heterocycles. The molecule has 0 spiro atoms. The van der Waals surface area contributed by atoms with Gasteiger partial charge in [0.1, 0.15) is 6.04 Å². The second-order valence-corrected chi connectivity index (χ2v) is 3.77. The molecule has 0 radical (unpaired) electrons. The van der Waals surface area contributed by atoms with Crippen molar-refractivity contribution < 1.29 is 9.53 Å². The fourth-order valence-electron chi connectivity index (χ4n) is 1.47. The molecule has 4 heteroatoms. The van der Waals surface area contributed by atoms with Gasteiger partial charge in [0.2, 0.25) is 0 Å². The minimum absolute atomic E-state index is 0.167. The lowest BCUT2D eigenvalue weighted by atomic mass is 10.2. The first kappa shape index (κ1) is 14.4. The van der Waals surface area contributed by atoms with Gasteiger partial charge in [0.15, 0.2) is 0 Å². The van der Waals surface area contributed by atoms with E-state index in [-0.39, 0.29) is 12.0 Å². The summed E-state index contributed by atoms with van der Waals surface area (Å²) < 4.78 is 4.99. The molecule has 90 valence electrons. The van der Waals surface area contributed by atoms with Gasteiger partial charge in [-0.05, 0) is 34.4 Å². The maximum absolute atomic E-state index is 11.5. The average Bonchev–Trinajstić information content (AvgIpc) is 2.19. The molecule has 0 bridgehead atoms. The minimum Gasteiger partial charge on any atom is -0.465 e. The van der Waals surface area contributed by atoms with E-state index in [2.05, 4.69) is 31.0 Å². The van der Waals surface area contributed by atoms with Crippen molar-refractivity contribution in [2.24, 2.45) is 0 Å². The number of nitrogens with one attached hydrogen (secondary N) is 1. The predicted molar refractivity (Wildman–Crippen MR) is 61.9 cm³/mol. The Labute approximate surface area is 93.0 Å². The molecule has 0 saturated carbocycles. The molecule has 15 heavy (non-hydrogen) atoms. The molecule has 0 aliphatic rings. The Hall–Kier alpha value is -0.610. The average molecular weight is 216 g/mol. The zero-order chi connectivity index (χ0) is 11.8. The quantitative estimate of drug-likeness (QED) is 0.641. The van der Waals surface area contributed by atoms with Crippen molar-refractivity contribution >= 4 is 5.97 Å². The number of esters is 1. The number of hydrogen-bond donors (Lipinski definition) is 1. The first-order chi connectivity index (χ1) is 7.06. The number of carbonyl (C=O) groups is 1. The Morgan fingerprint density at radius 3 is 2.33 bits per heavy atom. The number of ether oxygens (including phenoxy) is 1. The third-order valence-electron chi connectivity index (χ3n) is 2.47. The maximum Gasteiger partial charge on any atom is 0.324 e. The third-order valence-corrected chi connectivity index (χ3v) is 2.47. The van der Waals surface area contributed by atoms with Crippen molar-refractivity contribution in [2.45, 2.75) is 39.8 Å². The minimum atomic E-state index is -0.229. The molecule has 0 heterocycles. The summed E-state index contributed by atoms with van der Waals surface area (Å²) in [7, 11) is 1.79. The fraction of sp³-hybridized carbons (Fsp3) is 0.909. The molecule has 0 aliphatic heterocycles. The van der Waals surface area contributed by atoms with Crippen LogP contribution < -0.4 is 5.32 Å². The number of likely N-dealkylation sites (N-methyl/N-ethyl adjacent to an activating group) is 2. The second-order valence-electron chi connectivity index (χ2n) is 3.77. The second kappa shape index (κ2) is 7.65. The molecule has 0 aliphatic carbocycles. The van der Waals surface area contributed by atoms with Gasteiger partial charge in [-0.1, -0.05) is 6.92 Å². The van der Waals surface area contributed by atoms with Crippen LogP contribution in [0.1, 0.15) is 27.7 Å². The number of nitrogens with zero attached hydrogens (tertiary/aromatic N) is 1. The van der Waals surface area contributed by atoms with Gasteiger partial charge in [-0.25, -0.2) is 0 Å². The zero-order valence-electron chi connectivity index (χ0n) is 10.5. The summed E-state index contributed by atoms with van der Waals surface area (Å²) in [6.07, 6.45) is 0. The highest BCUT2D eigenvalue weighted by molar-refractivity contribution is 5.76. The first-order valence-electron chi connectivity index (χ1n) is 5.64. The van der Waals surface area contributed by atoms with Crippen molar-refractivity contribution in [3.05, 3.63) is 0 Å². The summed E-state index contributed by atoms with van der Waals surface area (Å²) in [5.41, 5.74) is 0. The number of rotatable bonds is 7. The fourth-order valence-corrected chi connectivity index (χ4v) is 1.47. The molecular weight excluding hydrogens is 192 g/mol. The lowest BCUT2D eigenvalue weighted by Gasteiger charge is -2.28. The van der Waals surface area contributed by atoms with Gasteiger partial charge >= 0.3 is 5.97 Å². The Morgan fingerprint density at radius 2 is 2.00 bits per heavy atom. The summed E-state index contributed by atoms with van der Waals surface area (Å²) in [5, 5.41) is 2.99. The topological polar surface area (TPSA) is 41.6 Å². The highest BCUT2D eigenvalue weighted by Crippen LogP contribution is 2.00. The van der Waals surface area contributed by atoms with Gasteiger partial charge in [0.25, 0.3) is 0 Å². The van der Waals surface area contributed by atoms with E-state index in [0.29, 0.717) is 19.2 Å². The van der Waals surface area contributed by atoms with E-state index in [1.165, 1.54) is 0 Å². The standard InChI is InChI=1S/C11H24N2O2/c1-6-13(9(3)4)8-10(12-5)11(14)15-7-2/h9-10,12H,6-8H2,1-5H3. The van der Waals surface area contributed by atoms with Gasteiger partial charge in [0.05, 0.1) is 6.61 Å². The highest BCUT2D eigenvalue weighted by atomic mass is 16.5. The molecular formula is C11H24N2O2. The number of hydrogen-bond acceptors (Lipinski definition) is 4. The molecule has 1 N–H and O–H groups in total. The van der Waals surface area contributed by atoms with E-state index < -0.39 is 0 Å². The highest BCUT2D eigenvalue weighted by Gasteiger charge is 2.21. The van der Waals surface area contributed by atoms with Gasteiger partial charge in [0, 0.05) is 12.6 Å². The number of carbonyl (C=O) groups excluding carboxylic acids is 1. The van der Waals surface area contributed by atoms with Crippen LogP contribution >= 0.6 is 0 Å². The Morgan fingerprint density at radius 1 is 1.40 bits per heavy atom. The van der Waals surface area contributed by atoms with Crippen molar-refractivity contribution in [3.8, 4) is 0 Å². The molecule has 0 rings (SSSR count). The van der Waals surface area contributed by atoms with Crippen molar-refractivity contribution in [3.63, 3.8) is 0 Å². The van der Waals surface area contributed by atoms with E-state index in [1.807, 2.05) is 6.92 Å². The van der Waals surface area contributed by atoms with E-state index in [4.69, 9.17) is 4.74 Å². The van der Waals surface area contributed by atoms with Crippen molar-refractivity contribution in [2.75, 3.05) is 26.7 Å². The van der Waals surface area contributed by atoms with Crippen LogP contribution in [0.2, 0.25) is 0 Å². The van der Waals surface area contributed by atoms with Gasteiger partial charge in [-0.15, -0.1) is 0 Å². The van der Waals surface area contributed by atoms with Gasteiger partial charge in [-0.2, -0.15) is 0 Å².